The lowest BCUT2D eigenvalue weighted by Gasteiger charge is -2.52. The van der Waals surface area contributed by atoms with Crippen LogP contribution in [0.15, 0.2) is 0 Å². The topological polar surface area (TPSA) is 395 Å². The Balaban J connectivity index is 1.54. The molecule has 15 N–H and O–H groups in total. The second kappa shape index (κ2) is 19.5. The fraction of sp³-hybridized carbons (Fsp3) is 0.969. The molecule has 0 radical (unpaired) electrons. The molecule has 0 bridgehead atoms. The van der Waals surface area contributed by atoms with Crippen LogP contribution in [0.4, 0.5) is 0 Å². The van der Waals surface area contributed by atoms with E-state index in [4.69, 9.17) is 42.6 Å². The summed E-state index contributed by atoms with van der Waals surface area (Å²) in [7, 11) is 0. The Hall–Kier alpha value is -1.45. The van der Waals surface area contributed by atoms with E-state index in [0.29, 0.717) is 0 Å². The first-order chi connectivity index (χ1) is 26.8. The zero-order valence-electron chi connectivity index (χ0n) is 30.9. The minimum Gasteiger partial charge on any atom is -0.394 e. The molecular formula is C32H55NO24. The van der Waals surface area contributed by atoms with Crippen molar-refractivity contribution < 1.29 is 119 Å². The van der Waals surface area contributed by atoms with E-state index in [0.717, 1.165) is 6.92 Å². The summed E-state index contributed by atoms with van der Waals surface area (Å²) >= 11 is 0. The summed E-state index contributed by atoms with van der Waals surface area (Å²) in [5, 5.41) is 149. The third-order valence-corrected chi connectivity index (χ3v) is 10.6. The molecule has 0 aromatic heterocycles. The smallest absolute Gasteiger partial charge is 0.217 e. The van der Waals surface area contributed by atoms with E-state index < -0.39 is 179 Å². The largest absolute Gasteiger partial charge is 0.394 e. The number of hydrogen-bond acceptors (Lipinski definition) is 24. The van der Waals surface area contributed by atoms with Crippen molar-refractivity contribution in [3.8, 4) is 0 Å². The van der Waals surface area contributed by atoms with Crippen molar-refractivity contribution in [2.75, 3.05) is 19.8 Å². The molecule has 5 fully saturated rings. The summed E-state index contributed by atoms with van der Waals surface area (Å²) in [5.41, 5.74) is 0. The van der Waals surface area contributed by atoms with Gasteiger partial charge in [-0.1, -0.05) is 0 Å². The molecule has 0 aromatic carbocycles. The van der Waals surface area contributed by atoms with Crippen molar-refractivity contribution in [3.05, 3.63) is 0 Å². The van der Waals surface area contributed by atoms with Gasteiger partial charge in [0.25, 0.3) is 0 Å². The van der Waals surface area contributed by atoms with Crippen molar-refractivity contribution in [2.24, 2.45) is 0 Å². The third-order valence-electron chi connectivity index (χ3n) is 10.6. The molecule has 0 unspecified atom stereocenters. The predicted molar refractivity (Wildman–Crippen MR) is 175 cm³/mol. The van der Waals surface area contributed by atoms with Gasteiger partial charge < -0.3 is 119 Å². The molecule has 0 spiro atoms. The number of carbonyl (C=O) groups excluding carboxylic acids is 1. The second-order valence-electron chi connectivity index (χ2n) is 14.7. The van der Waals surface area contributed by atoms with Crippen molar-refractivity contribution in [1.29, 1.82) is 0 Å². The van der Waals surface area contributed by atoms with Gasteiger partial charge in [-0.2, -0.15) is 0 Å². The number of amides is 1. The highest BCUT2D eigenvalue weighted by Crippen LogP contribution is 2.37. The number of rotatable bonds is 12. The van der Waals surface area contributed by atoms with E-state index >= 15 is 0 Å². The Kier molecular flexibility index (Phi) is 16.0. The summed E-state index contributed by atoms with van der Waals surface area (Å²) < 4.78 is 52.2. The van der Waals surface area contributed by atoms with Gasteiger partial charge in [0.05, 0.1) is 32.0 Å². The Morgan fingerprint density at radius 1 is 0.456 bits per heavy atom. The molecule has 5 rings (SSSR count). The molecule has 5 aliphatic heterocycles. The molecule has 0 aromatic rings. The van der Waals surface area contributed by atoms with Gasteiger partial charge in [0.15, 0.2) is 31.5 Å². The monoisotopic (exact) mass is 837 g/mol. The van der Waals surface area contributed by atoms with Crippen LogP contribution >= 0.6 is 0 Å². The summed E-state index contributed by atoms with van der Waals surface area (Å²) in [4.78, 5) is 12.7. The summed E-state index contributed by atoms with van der Waals surface area (Å²) in [6.07, 6.45) is -42.3. The highest BCUT2D eigenvalue weighted by atomic mass is 16.8. The lowest BCUT2D eigenvalue weighted by Crippen LogP contribution is -2.71. The number of ether oxygens (including phenoxy) is 9. The Bertz CT molecular complexity index is 1290. The normalized spacial score (nSPS) is 52.3. The van der Waals surface area contributed by atoms with Crippen LogP contribution in [0.25, 0.3) is 0 Å². The number of nitrogens with one attached hydrogen (secondary N) is 1. The van der Waals surface area contributed by atoms with Gasteiger partial charge in [0.2, 0.25) is 5.91 Å². The third kappa shape index (κ3) is 9.71. The molecule has 1 amide bonds. The highest BCUT2D eigenvalue weighted by Gasteiger charge is 2.57. The number of aliphatic hydroxyl groups is 14. The van der Waals surface area contributed by atoms with E-state index in [2.05, 4.69) is 5.32 Å². The van der Waals surface area contributed by atoms with Crippen molar-refractivity contribution in [1.82, 2.24) is 5.32 Å². The van der Waals surface area contributed by atoms with Crippen LogP contribution in [0.5, 0.6) is 0 Å². The van der Waals surface area contributed by atoms with Gasteiger partial charge in [-0.3, -0.25) is 4.79 Å². The molecule has 25 atom stereocenters. The molecule has 0 aliphatic carbocycles. The van der Waals surface area contributed by atoms with Gasteiger partial charge >= 0.3 is 0 Å². The van der Waals surface area contributed by atoms with Crippen LogP contribution in [0.3, 0.4) is 0 Å². The Morgan fingerprint density at radius 3 is 1.40 bits per heavy atom. The van der Waals surface area contributed by atoms with E-state index in [1.54, 1.807) is 0 Å². The van der Waals surface area contributed by atoms with Crippen molar-refractivity contribution in [2.45, 2.75) is 174 Å². The van der Waals surface area contributed by atoms with Crippen LogP contribution in [-0.2, 0) is 47.4 Å². The maximum absolute atomic E-state index is 12.7. The summed E-state index contributed by atoms with van der Waals surface area (Å²) in [5.74, 6) is -0.803. The standard InChI is InChI=1S/C32H55NO24/c1-7-14(38)17(41)22(46)30(49-7)56-26-13(33-9(3)37)29(54-24-11(5-35)51-28(48)21(45)20(24)44)53-12(6-36)25(26)55-32-27(19(43)16(40)10(4-34)52-32)57-31-23(47)18(42)15(39)8(2)50-31/h7-8,10-32,34-36,38-48H,4-6H2,1-3H3,(H,33,37)/t7-,8-,10+,11+,12+,13+,14+,15+,16-,17+,18+,19-,20+,21+,22-,23-,24+,25+,26+,27+,28-,29-,30-,31-,32-/m0/s1. The fourth-order valence-electron chi connectivity index (χ4n) is 7.30. The first-order valence-corrected chi connectivity index (χ1v) is 18.3. The lowest BCUT2D eigenvalue weighted by molar-refractivity contribution is -0.398. The maximum atomic E-state index is 12.7. The molecule has 25 heteroatoms. The Labute approximate surface area is 324 Å². The zero-order valence-corrected chi connectivity index (χ0v) is 30.9. The van der Waals surface area contributed by atoms with Crippen molar-refractivity contribution >= 4 is 5.91 Å². The molecule has 5 saturated heterocycles. The van der Waals surface area contributed by atoms with Gasteiger partial charge in [0.1, 0.15) is 110 Å². The number of aliphatic hydroxyl groups excluding tert-OH is 14. The highest BCUT2D eigenvalue weighted by molar-refractivity contribution is 5.73. The minimum atomic E-state index is -2.01. The summed E-state index contributed by atoms with van der Waals surface area (Å²) in [6, 6.07) is -1.69. The van der Waals surface area contributed by atoms with E-state index in [9.17, 15) is 76.3 Å². The van der Waals surface area contributed by atoms with Gasteiger partial charge in [0, 0.05) is 6.92 Å². The SMILES string of the molecule is CC(=O)N[C@H]1[C@H](O[C@H]2[C@H](O)[C@@H](O)[C@@H](O)O[C@@H]2CO)O[C@H](CO)[C@@H](O[C@@H]2O[C@H](CO)[C@H](O)[C@H](O)[C@H]2O[C@@H]2O[C@@H](C)[C@@H](O)[C@@H](O)[C@@H]2O)[C@@H]1O[C@@H]1O[C@@H](C)[C@@H](O)[C@@H](O)[C@@H]1O. The van der Waals surface area contributed by atoms with Gasteiger partial charge in [-0.25, -0.2) is 0 Å². The predicted octanol–water partition coefficient (Wildman–Crippen LogP) is -9.73. The van der Waals surface area contributed by atoms with Crippen LogP contribution in [0.1, 0.15) is 20.8 Å². The Morgan fingerprint density at radius 2 is 0.895 bits per heavy atom. The molecule has 5 aliphatic rings. The lowest BCUT2D eigenvalue weighted by atomic mass is 9.93. The average Bonchev–Trinajstić information content (AvgIpc) is 3.18. The fourth-order valence-corrected chi connectivity index (χ4v) is 7.30. The molecular weight excluding hydrogens is 782 g/mol. The molecule has 25 nitrogen and oxygen atoms in total. The van der Waals surface area contributed by atoms with Gasteiger partial charge in [-0.15, -0.1) is 0 Å². The zero-order chi connectivity index (χ0) is 42.2. The van der Waals surface area contributed by atoms with E-state index in [-0.39, 0.29) is 0 Å². The summed E-state index contributed by atoms with van der Waals surface area (Å²) in [6.45, 7) is 0.918. The quantitative estimate of drug-likeness (QED) is 0.0867. The van der Waals surface area contributed by atoms with Crippen molar-refractivity contribution in [3.63, 3.8) is 0 Å². The molecule has 332 valence electrons. The second-order valence-corrected chi connectivity index (χ2v) is 14.7. The molecule has 5 heterocycles. The van der Waals surface area contributed by atoms with E-state index in [1.165, 1.54) is 13.8 Å². The van der Waals surface area contributed by atoms with Crippen LogP contribution in [-0.4, -0.2) is 251 Å². The van der Waals surface area contributed by atoms with Crippen LogP contribution < -0.4 is 5.32 Å². The maximum Gasteiger partial charge on any atom is 0.217 e. The number of carbonyl (C=O) groups is 1. The van der Waals surface area contributed by atoms with E-state index in [1.807, 2.05) is 0 Å². The first kappa shape index (κ1) is 46.6. The van der Waals surface area contributed by atoms with Crippen LogP contribution in [0.2, 0.25) is 0 Å². The minimum absolute atomic E-state index is 0.803. The average molecular weight is 838 g/mol. The van der Waals surface area contributed by atoms with Crippen LogP contribution in [0, 0.1) is 0 Å². The molecule has 0 saturated carbocycles. The molecule has 57 heavy (non-hydrogen) atoms. The van der Waals surface area contributed by atoms with Gasteiger partial charge in [-0.05, 0) is 13.8 Å². The number of hydrogen-bond donors (Lipinski definition) is 15. The first-order valence-electron chi connectivity index (χ1n) is 18.3.